The number of carbonyl (C=O) groups excluding carboxylic acids is 2. The molecule has 2 aromatic carbocycles. The molecular formula is C26H18ClF4NO3. The summed E-state index contributed by atoms with van der Waals surface area (Å²) in [5, 5.41) is 0.480. The molecule has 0 bridgehead atoms. The fourth-order valence-corrected chi connectivity index (χ4v) is 4.04. The van der Waals surface area contributed by atoms with E-state index in [0.717, 1.165) is 12.2 Å². The van der Waals surface area contributed by atoms with Crippen molar-refractivity contribution < 1.29 is 31.9 Å². The molecule has 0 saturated heterocycles. The van der Waals surface area contributed by atoms with E-state index in [1.165, 1.54) is 12.2 Å². The van der Waals surface area contributed by atoms with Gasteiger partial charge in [-0.2, -0.15) is 0 Å². The Morgan fingerprint density at radius 1 is 0.943 bits per heavy atom. The van der Waals surface area contributed by atoms with Gasteiger partial charge in [0.1, 0.15) is 11.5 Å². The van der Waals surface area contributed by atoms with Gasteiger partial charge in [-0.3, -0.25) is 9.59 Å². The summed E-state index contributed by atoms with van der Waals surface area (Å²) >= 11 is 6.37. The Balaban J connectivity index is 1.74. The molecule has 0 aromatic heterocycles. The van der Waals surface area contributed by atoms with E-state index < -0.39 is 51.5 Å². The van der Waals surface area contributed by atoms with E-state index in [4.69, 9.17) is 16.3 Å². The molecule has 4 nitrogen and oxygen atoms in total. The van der Waals surface area contributed by atoms with Crippen molar-refractivity contribution in [2.75, 3.05) is 18.5 Å². The van der Waals surface area contributed by atoms with Crippen molar-refractivity contribution >= 4 is 34.9 Å². The summed E-state index contributed by atoms with van der Waals surface area (Å²) in [6.45, 7) is 4.34. The van der Waals surface area contributed by atoms with Gasteiger partial charge in [0, 0.05) is 24.3 Å². The van der Waals surface area contributed by atoms with Gasteiger partial charge >= 0.3 is 0 Å². The quantitative estimate of drug-likeness (QED) is 0.156. The lowest BCUT2D eigenvalue weighted by atomic mass is 10.0. The topological polar surface area (TPSA) is 46.6 Å². The van der Waals surface area contributed by atoms with E-state index in [1.54, 1.807) is 31.2 Å². The zero-order valence-electron chi connectivity index (χ0n) is 18.8. The number of ketones is 2. The molecule has 2 aliphatic rings. The maximum Gasteiger partial charge on any atom is 0.201 e. The predicted molar refractivity (Wildman–Crippen MR) is 124 cm³/mol. The zero-order chi connectivity index (χ0) is 25.6. The number of hydrogen-bond donors (Lipinski definition) is 0. The third kappa shape index (κ3) is 4.18. The number of fused-ring (bicyclic) bond motifs is 1. The maximum absolute atomic E-state index is 14.2. The summed E-state index contributed by atoms with van der Waals surface area (Å²) in [5.74, 6) is -10.1. The highest BCUT2D eigenvalue weighted by atomic mass is 35.5. The van der Waals surface area contributed by atoms with Gasteiger partial charge in [0.15, 0.2) is 23.3 Å². The van der Waals surface area contributed by atoms with Gasteiger partial charge in [-0.25, -0.2) is 17.6 Å². The number of nitrogens with zero attached hydrogens (tertiary/aromatic N) is 1. The number of anilines is 1. The molecule has 0 amide bonds. The number of halogens is 5. The van der Waals surface area contributed by atoms with E-state index in [9.17, 15) is 27.2 Å². The lowest BCUT2D eigenvalue weighted by Gasteiger charge is -2.17. The van der Waals surface area contributed by atoms with Crippen LogP contribution in [0.25, 0.3) is 6.08 Å². The van der Waals surface area contributed by atoms with Gasteiger partial charge in [0.05, 0.1) is 16.7 Å². The van der Waals surface area contributed by atoms with E-state index in [-0.39, 0.29) is 17.1 Å². The van der Waals surface area contributed by atoms with Crippen LogP contribution in [0, 0.1) is 23.3 Å². The summed E-state index contributed by atoms with van der Waals surface area (Å²) in [7, 11) is 1.93. The highest BCUT2D eigenvalue weighted by Crippen LogP contribution is 2.37. The molecule has 4 rings (SSSR count). The first kappa shape index (κ1) is 24.5. The molecule has 180 valence electrons. The van der Waals surface area contributed by atoms with Crippen molar-refractivity contribution in [1.82, 2.24) is 0 Å². The molecule has 0 fully saturated rings. The number of ether oxygens (including phenoxy) is 1. The first-order chi connectivity index (χ1) is 16.5. The molecule has 0 N–H and O–H groups in total. The lowest BCUT2D eigenvalue weighted by molar-refractivity contribution is 0.0985. The summed E-state index contributed by atoms with van der Waals surface area (Å²) < 4.78 is 61.5. The van der Waals surface area contributed by atoms with Crippen molar-refractivity contribution in [3.63, 3.8) is 0 Å². The standard InChI is InChI=1S/C26H18ClF4NO3/c1-4-32(3)15-7-5-13(17(27)11-15)6-8-16-10-14(9-12(2)35-16)18-25(33)19-20(26(18)34)22(29)24(31)23(30)21(19)28/h5-11H,4H2,1-3H3. The fourth-order valence-electron chi connectivity index (χ4n) is 3.80. The summed E-state index contributed by atoms with van der Waals surface area (Å²) in [5.41, 5.74) is -1.27. The second kappa shape index (κ2) is 9.19. The molecule has 0 atom stereocenters. The van der Waals surface area contributed by atoms with E-state index in [2.05, 4.69) is 0 Å². The van der Waals surface area contributed by atoms with Gasteiger partial charge in [-0.1, -0.05) is 17.7 Å². The van der Waals surface area contributed by atoms with Gasteiger partial charge in [0.2, 0.25) is 11.6 Å². The van der Waals surface area contributed by atoms with Crippen molar-refractivity contribution in [3.8, 4) is 0 Å². The van der Waals surface area contributed by atoms with Gasteiger partial charge in [-0.05, 0) is 61.4 Å². The monoisotopic (exact) mass is 503 g/mol. The average Bonchev–Trinajstić information content (AvgIpc) is 3.09. The lowest BCUT2D eigenvalue weighted by Crippen LogP contribution is -2.15. The van der Waals surface area contributed by atoms with Crippen molar-refractivity contribution in [3.05, 3.63) is 104 Å². The molecule has 9 heteroatoms. The Hall–Kier alpha value is -3.65. The minimum atomic E-state index is -2.15. The van der Waals surface area contributed by atoms with Gasteiger partial charge in [-0.15, -0.1) is 0 Å². The third-order valence-corrected chi connectivity index (χ3v) is 6.05. The highest BCUT2D eigenvalue weighted by Gasteiger charge is 2.43. The van der Waals surface area contributed by atoms with Gasteiger partial charge < -0.3 is 9.64 Å². The Morgan fingerprint density at radius 2 is 1.54 bits per heavy atom. The average molecular weight is 504 g/mol. The van der Waals surface area contributed by atoms with Crippen LogP contribution in [0.2, 0.25) is 5.02 Å². The molecule has 0 spiro atoms. The van der Waals surface area contributed by atoms with Crippen LogP contribution in [-0.4, -0.2) is 25.2 Å². The van der Waals surface area contributed by atoms with E-state index >= 15 is 0 Å². The maximum atomic E-state index is 14.2. The summed E-state index contributed by atoms with van der Waals surface area (Å²) in [6.07, 6.45) is 5.83. The minimum Gasteiger partial charge on any atom is -0.462 e. The normalized spacial score (nSPS) is 15.4. The zero-order valence-corrected chi connectivity index (χ0v) is 19.6. The van der Waals surface area contributed by atoms with Gasteiger partial charge in [0.25, 0.3) is 0 Å². The smallest absolute Gasteiger partial charge is 0.201 e. The van der Waals surface area contributed by atoms with Crippen LogP contribution >= 0.6 is 11.6 Å². The van der Waals surface area contributed by atoms with Crippen LogP contribution in [0.5, 0.6) is 0 Å². The molecular weight excluding hydrogens is 486 g/mol. The number of Topliss-reactive ketones (excluding diaryl/α,β-unsaturated/α-hetero) is 2. The number of allylic oxidation sites excluding steroid dienone is 6. The second-order valence-corrected chi connectivity index (χ2v) is 8.36. The Labute approximate surface area is 203 Å². The van der Waals surface area contributed by atoms with E-state index in [0.29, 0.717) is 10.6 Å². The van der Waals surface area contributed by atoms with Crippen LogP contribution in [0.4, 0.5) is 23.2 Å². The first-order valence-corrected chi connectivity index (χ1v) is 10.9. The molecule has 0 saturated carbocycles. The summed E-state index contributed by atoms with van der Waals surface area (Å²) in [6, 6.07) is 5.49. The number of benzene rings is 2. The number of rotatable bonds is 4. The van der Waals surface area contributed by atoms with Crippen LogP contribution in [-0.2, 0) is 4.74 Å². The van der Waals surface area contributed by atoms with Crippen molar-refractivity contribution in [1.29, 1.82) is 0 Å². The molecule has 1 aliphatic carbocycles. The van der Waals surface area contributed by atoms with Crippen LogP contribution < -0.4 is 4.90 Å². The third-order valence-electron chi connectivity index (χ3n) is 5.73. The highest BCUT2D eigenvalue weighted by molar-refractivity contribution is 6.40. The first-order valence-electron chi connectivity index (χ1n) is 10.5. The largest absolute Gasteiger partial charge is 0.462 e. The second-order valence-electron chi connectivity index (χ2n) is 7.95. The Kier molecular flexibility index (Phi) is 6.42. The predicted octanol–water partition coefficient (Wildman–Crippen LogP) is 6.56. The molecule has 1 aliphatic heterocycles. The van der Waals surface area contributed by atoms with Crippen LogP contribution in [0.1, 0.15) is 40.1 Å². The Bertz CT molecular complexity index is 1370. The molecule has 1 heterocycles. The molecule has 35 heavy (non-hydrogen) atoms. The van der Waals surface area contributed by atoms with Crippen molar-refractivity contribution in [2.24, 2.45) is 0 Å². The van der Waals surface area contributed by atoms with E-state index in [1.807, 2.05) is 24.9 Å². The molecule has 2 aromatic rings. The SMILES string of the molecule is CCN(C)c1ccc(C=CC2=CC(=C3C(=O)c4c(F)c(F)c(F)c(F)c4C3=O)C=C(C)O2)c(Cl)c1. The molecule has 0 radical (unpaired) electrons. The van der Waals surface area contributed by atoms with Crippen molar-refractivity contribution in [2.45, 2.75) is 13.8 Å². The number of carbonyl (C=O) groups is 2. The fraction of sp³-hybridized carbons (Fsp3) is 0.154. The molecule has 0 unspecified atom stereocenters. The number of hydrogen-bond acceptors (Lipinski definition) is 4. The summed E-state index contributed by atoms with van der Waals surface area (Å²) in [4.78, 5) is 27.6. The van der Waals surface area contributed by atoms with Crippen LogP contribution in [0.15, 0.2) is 59.1 Å². The van der Waals surface area contributed by atoms with Crippen LogP contribution in [0.3, 0.4) is 0 Å². The minimum absolute atomic E-state index is 0.00904. The Morgan fingerprint density at radius 3 is 2.09 bits per heavy atom.